The van der Waals surface area contributed by atoms with Crippen LogP contribution in [0.15, 0.2) is 24.3 Å². The average Bonchev–Trinajstić information content (AvgIpc) is 3.60. The summed E-state index contributed by atoms with van der Waals surface area (Å²) in [5.41, 5.74) is 3.17. The molecule has 4 aromatic rings. The molecule has 0 radical (unpaired) electrons. The quantitative estimate of drug-likeness (QED) is 0.135. The predicted octanol–water partition coefficient (Wildman–Crippen LogP) is 12.9. The fourth-order valence-corrected chi connectivity index (χ4v) is 9.90. The molecule has 4 aromatic heterocycles. The predicted molar refractivity (Wildman–Crippen MR) is 170 cm³/mol. The van der Waals surface area contributed by atoms with Crippen LogP contribution in [0.1, 0.15) is 126 Å². The lowest BCUT2D eigenvalue weighted by molar-refractivity contribution is 0.667. The number of aryl methyl sites for hydroxylation is 2. The van der Waals surface area contributed by atoms with Crippen molar-refractivity contribution < 1.29 is 0 Å². The van der Waals surface area contributed by atoms with Crippen LogP contribution in [0.2, 0.25) is 0 Å². The van der Waals surface area contributed by atoms with Gasteiger partial charge in [-0.05, 0) is 72.9 Å². The second-order valence-electron chi connectivity index (χ2n) is 10.9. The van der Waals surface area contributed by atoms with Crippen LogP contribution in [-0.2, 0) is 12.8 Å². The third kappa shape index (κ3) is 6.73. The summed E-state index contributed by atoms with van der Waals surface area (Å²) >= 11 is 8.12. The molecular weight excluding hydrogens is 513 g/mol. The minimum Gasteiger partial charge on any atom is -0.139 e. The molecule has 0 saturated carbocycles. The van der Waals surface area contributed by atoms with Gasteiger partial charge in [0.2, 0.25) is 0 Å². The molecule has 0 fully saturated rings. The van der Waals surface area contributed by atoms with E-state index >= 15 is 0 Å². The number of fused-ring (bicyclic) bond motifs is 1. The van der Waals surface area contributed by atoms with Crippen LogP contribution < -0.4 is 0 Å². The summed E-state index contributed by atoms with van der Waals surface area (Å²) in [6.45, 7) is 13.9. The molecule has 0 aliphatic rings. The molecule has 0 unspecified atom stereocenters. The fraction of sp³-hybridized carbons (Fsp3) is 0.562. The first-order valence-corrected chi connectivity index (χ1v) is 17.5. The van der Waals surface area contributed by atoms with Crippen LogP contribution in [-0.4, -0.2) is 0 Å². The Hall–Kier alpha value is -0.940. The Labute approximate surface area is 235 Å². The summed E-state index contributed by atoms with van der Waals surface area (Å²) in [4.78, 5) is 9.14. The summed E-state index contributed by atoms with van der Waals surface area (Å²) in [7, 11) is 0. The van der Waals surface area contributed by atoms with Crippen LogP contribution in [0, 0.1) is 0 Å². The van der Waals surface area contributed by atoms with Gasteiger partial charge in [0.25, 0.3) is 0 Å². The highest BCUT2D eigenvalue weighted by atomic mass is 32.1. The SMILES string of the molecule is CCCCCCc1cc(C(C)C)sc1-c1cc2sc(-c3sc(C(C)C)cc3CCCCCC)cc2s1. The maximum Gasteiger partial charge on any atom is 0.0478 e. The van der Waals surface area contributed by atoms with E-state index in [0.29, 0.717) is 11.8 Å². The molecule has 0 saturated heterocycles. The molecule has 0 bridgehead atoms. The van der Waals surface area contributed by atoms with Crippen molar-refractivity contribution in [3.63, 3.8) is 0 Å². The molecule has 0 spiro atoms. The lowest BCUT2D eigenvalue weighted by atomic mass is 10.0. The third-order valence-corrected chi connectivity index (χ3v) is 12.7. The zero-order chi connectivity index (χ0) is 25.7. The van der Waals surface area contributed by atoms with Gasteiger partial charge in [0.05, 0.1) is 0 Å². The first kappa shape index (κ1) is 28.1. The van der Waals surface area contributed by atoms with E-state index < -0.39 is 0 Å². The smallest absolute Gasteiger partial charge is 0.0478 e. The molecule has 4 rings (SSSR count). The first-order valence-electron chi connectivity index (χ1n) is 14.2. The van der Waals surface area contributed by atoms with Crippen molar-refractivity contribution in [2.75, 3.05) is 0 Å². The molecule has 4 heterocycles. The van der Waals surface area contributed by atoms with E-state index in [1.807, 2.05) is 45.3 Å². The van der Waals surface area contributed by atoms with Crippen LogP contribution in [0.3, 0.4) is 0 Å². The van der Waals surface area contributed by atoms with Crippen molar-refractivity contribution in [1.29, 1.82) is 0 Å². The van der Waals surface area contributed by atoms with Crippen molar-refractivity contribution in [3.05, 3.63) is 45.1 Å². The van der Waals surface area contributed by atoms with E-state index in [1.165, 1.54) is 83.4 Å². The Morgan fingerprint density at radius 1 is 0.528 bits per heavy atom. The number of thiophene rings is 4. The monoisotopic (exact) mass is 556 g/mol. The van der Waals surface area contributed by atoms with Gasteiger partial charge < -0.3 is 0 Å². The van der Waals surface area contributed by atoms with Gasteiger partial charge in [-0.15, -0.1) is 45.3 Å². The third-order valence-electron chi connectivity index (χ3n) is 7.05. The summed E-state index contributed by atoms with van der Waals surface area (Å²) < 4.78 is 2.94. The van der Waals surface area contributed by atoms with Crippen molar-refractivity contribution in [3.8, 4) is 19.5 Å². The van der Waals surface area contributed by atoms with Gasteiger partial charge in [-0.3, -0.25) is 0 Å². The van der Waals surface area contributed by atoms with Crippen molar-refractivity contribution in [1.82, 2.24) is 0 Å². The van der Waals surface area contributed by atoms with E-state index in [2.05, 4.69) is 65.8 Å². The Morgan fingerprint density at radius 2 is 0.944 bits per heavy atom. The van der Waals surface area contributed by atoms with Gasteiger partial charge in [-0.1, -0.05) is 80.1 Å². The first-order chi connectivity index (χ1) is 17.4. The summed E-state index contributed by atoms with van der Waals surface area (Å²) in [5.74, 6) is 1.21. The van der Waals surface area contributed by atoms with Crippen LogP contribution in [0.5, 0.6) is 0 Å². The molecule has 0 atom stereocenters. The zero-order valence-corrected chi connectivity index (χ0v) is 26.4. The van der Waals surface area contributed by atoms with Gasteiger partial charge in [0.15, 0.2) is 0 Å². The molecule has 4 heteroatoms. The highest BCUT2D eigenvalue weighted by Crippen LogP contribution is 2.48. The molecule has 196 valence electrons. The fourth-order valence-electron chi connectivity index (χ4n) is 4.80. The van der Waals surface area contributed by atoms with Gasteiger partial charge in [0, 0.05) is 38.7 Å². The van der Waals surface area contributed by atoms with Gasteiger partial charge in [-0.25, -0.2) is 0 Å². The van der Waals surface area contributed by atoms with Gasteiger partial charge >= 0.3 is 0 Å². The largest absolute Gasteiger partial charge is 0.139 e. The zero-order valence-electron chi connectivity index (χ0n) is 23.2. The highest BCUT2D eigenvalue weighted by Gasteiger charge is 2.19. The maximum absolute atomic E-state index is 2.51. The standard InChI is InChI=1S/C32H44S4/c1-7-9-11-13-15-23-17-25(21(3)4)35-31(23)29-19-27-28(33-29)20-30(34-27)32-24(16-14-12-10-8-2)18-26(36-32)22(5)6/h17-22H,7-16H2,1-6H3. The summed E-state index contributed by atoms with van der Waals surface area (Å²) in [6.07, 6.45) is 13.1. The number of unbranched alkanes of at least 4 members (excludes halogenated alkanes) is 6. The average molecular weight is 557 g/mol. The van der Waals surface area contributed by atoms with Gasteiger partial charge in [-0.2, -0.15) is 0 Å². The van der Waals surface area contributed by atoms with Crippen molar-refractivity contribution >= 4 is 54.7 Å². The molecule has 0 amide bonds. The Morgan fingerprint density at radius 3 is 1.31 bits per heavy atom. The van der Waals surface area contributed by atoms with E-state index in [1.54, 1.807) is 30.6 Å². The lowest BCUT2D eigenvalue weighted by Crippen LogP contribution is -1.86. The Kier molecular flexibility index (Phi) is 10.3. The molecular formula is C32H44S4. The molecule has 36 heavy (non-hydrogen) atoms. The van der Waals surface area contributed by atoms with Crippen molar-refractivity contribution in [2.24, 2.45) is 0 Å². The van der Waals surface area contributed by atoms with Crippen molar-refractivity contribution in [2.45, 2.75) is 118 Å². The van der Waals surface area contributed by atoms with E-state index in [0.717, 1.165) is 0 Å². The minimum absolute atomic E-state index is 0.607. The van der Waals surface area contributed by atoms with Gasteiger partial charge in [0.1, 0.15) is 0 Å². The van der Waals surface area contributed by atoms with E-state index in [9.17, 15) is 0 Å². The minimum atomic E-state index is 0.607. The summed E-state index contributed by atoms with van der Waals surface area (Å²) in [5, 5.41) is 0. The van der Waals surface area contributed by atoms with Crippen LogP contribution >= 0.6 is 45.3 Å². The Bertz CT molecular complexity index is 1100. The summed E-state index contributed by atoms with van der Waals surface area (Å²) in [6, 6.07) is 10.0. The maximum atomic E-state index is 2.51. The molecule has 0 aromatic carbocycles. The lowest BCUT2D eigenvalue weighted by Gasteiger charge is -2.02. The Balaban J connectivity index is 1.61. The van der Waals surface area contributed by atoms with E-state index in [-0.39, 0.29) is 0 Å². The second kappa shape index (κ2) is 13.2. The topological polar surface area (TPSA) is 0 Å². The second-order valence-corrected chi connectivity index (χ2v) is 15.2. The molecule has 0 aliphatic heterocycles. The van der Waals surface area contributed by atoms with E-state index in [4.69, 9.17) is 0 Å². The number of hydrogen-bond donors (Lipinski definition) is 0. The molecule has 0 aliphatic carbocycles. The number of hydrogen-bond acceptors (Lipinski definition) is 4. The number of rotatable bonds is 14. The normalized spacial score (nSPS) is 12.1. The highest BCUT2D eigenvalue weighted by molar-refractivity contribution is 7.33. The van der Waals surface area contributed by atoms with Crippen LogP contribution in [0.25, 0.3) is 28.9 Å². The molecule has 0 N–H and O–H groups in total. The molecule has 0 nitrogen and oxygen atoms in total. The van der Waals surface area contributed by atoms with Crippen LogP contribution in [0.4, 0.5) is 0 Å².